The second-order valence-corrected chi connectivity index (χ2v) is 9.52. The molecule has 1 heterocycles. The number of phenols is 1. The monoisotopic (exact) mass is 524 g/mol. The Labute approximate surface area is 223 Å². The van der Waals surface area contributed by atoms with E-state index in [-0.39, 0.29) is 22.8 Å². The molecule has 0 amide bonds. The molecule has 4 N–H and O–H groups in total. The normalized spacial score (nSPS) is 11.8. The average Bonchev–Trinajstić information content (AvgIpc) is 2.87. The van der Waals surface area contributed by atoms with E-state index in [1.165, 1.54) is 24.3 Å². The summed E-state index contributed by atoms with van der Waals surface area (Å²) < 4.78 is 5.89. The molecule has 38 heavy (non-hydrogen) atoms. The van der Waals surface area contributed by atoms with E-state index in [0.29, 0.717) is 44.2 Å². The van der Waals surface area contributed by atoms with E-state index in [1.807, 2.05) is 38.1 Å². The molecule has 1 atom stereocenters. The average molecular weight is 525 g/mol. The second kappa shape index (κ2) is 9.99. The van der Waals surface area contributed by atoms with E-state index in [9.17, 15) is 19.8 Å². The van der Waals surface area contributed by atoms with Gasteiger partial charge in [0.05, 0.1) is 17.3 Å². The van der Waals surface area contributed by atoms with Crippen molar-refractivity contribution < 1.29 is 19.4 Å². The third-order valence-corrected chi connectivity index (χ3v) is 6.61. The molecule has 0 saturated carbocycles. The first-order valence-corrected chi connectivity index (χ1v) is 12.3. The van der Waals surface area contributed by atoms with Crippen LogP contribution < -0.4 is 16.1 Å². The lowest BCUT2D eigenvalue weighted by Crippen LogP contribution is -2.31. The number of anilines is 1. The molecular weight excluding hydrogens is 500 g/mol. The third-order valence-electron chi connectivity index (χ3n) is 6.39. The molecule has 0 unspecified atom stereocenters. The highest BCUT2D eigenvalue weighted by Gasteiger charge is 2.20. The molecule has 0 radical (unpaired) electrons. The largest absolute Gasteiger partial charge is 0.508 e. The number of hydrogen-bond acceptors (Lipinski definition) is 5. The Morgan fingerprint density at radius 1 is 0.974 bits per heavy atom. The summed E-state index contributed by atoms with van der Waals surface area (Å²) in [5.41, 5.74) is 4.65. The Morgan fingerprint density at radius 3 is 2.47 bits per heavy atom. The SMILES string of the molecule is Cc1ccc([C@H](C)NC(=S)Nc2ccc(-c3c4ccc(=O)cc-4oc4cc(O)ccc34)cc2C(=O)O)cc1. The van der Waals surface area contributed by atoms with Crippen molar-refractivity contribution in [3.63, 3.8) is 0 Å². The number of fused-ring (bicyclic) bond motifs is 2. The van der Waals surface area contributed by atoms with Crippen LogP contribution in [-0.4, -0.2) is 21.3 Å². The molecule has 0 bridgehead atoms. The Hall–Kier alpha value is -4.69. The van der Waals surface area contributed by atoms with Gasteiger partial charge in [-0.25, -0.2) is 4.79 Å². The van der Waals surface area contributed by atoms with Gasteiger partial charge in [-0.05, 0) is 73.6 Å². The minimum absolute atomic E-state index is 0.0106. The number of benzene rings is 4. The van der Waals surface area contributed by atoms with Crippen molar-refractivity contribution >= 4 is 40.0 Å². The van der Waals surface area contributed by atoms with Crippen LogP contribution in [0, 0.1) is 6.92 Å². The third kappa shape index (κ3) is 4.94. The standard InChI is InChI=1S/C30H24N2O5S/c1-16-3-5-18(6-4-16)17(2)31-30(38)32-25-12-7-19(13-24(25)29(35)36)28-22-10-8-20(33)14-26(22)37-27-15-21(34)9-11-23(27)28/h3-15,17,33H,1-2H3,(H,35,36)(H2,31,32,38)/t17-/m0/s1. The molecule has 3 aromatic rings. The molecule has 1 aliphatic carbocycles. The van der Waals surface area contributed by atoms with Crippen molar-refractivity contribution in [2.75, 3.05) is 5.32 Å². The van der Waals surface area contributed by atoms with E-state index in [1.54, 1.807) is 30.3 Å². The number of nitrogens with one attached hydrogen (secondary N) is 2. The number of rotatable bonds is 5. The predicted octanol–water partition coefficient (Wildman–Crippen LogP) is 6.32. The molecule has 190 valence electrons. The number of carboxylic acids is 1. The first-order chi connectivity index (χ1) is 18.2. The lowest BCUT2D eigenvalue weighted by molar-refractivity contribution is 0.0698. The fraction of sp³-hybridized carbons (Fsp3) is 0.100. The summed E-state index contributed by atoms with van der Waals surface area (Å²) >= 11 is 5.48. The van der Waals surface area contributed by atoms with Gasteiger partial charge in [-0.2, -0.15) is 0 Å². The summed E-state index contributed by atoms with van der Waals surface area (Å²) in [5, 5.41) is 27.2. The molecule has 1 aliphatic heterocycles. The highest BCUT2D eigenvalue weighted by Crippen LogP contribution is 2.41. The van der Waals surface area contributed by atoms with Crippen molar-refractivity contribution in [2.45, 2.75) is 19.9 Å². The summed E-state index contributed by atoms with van der Waals surface area (Å²) in [6.07, 6.45) is 0. The second-order valence-electron chi connectivity index (χ2n) is 9.11. The van der Waals surface area contributed by atoms with Crippen LogP contribution in [0.4, 0.5) is 5.69 Å². The van der Waals surface area contributed by atoms with E-state index in [4.69, 9.17) is 16.6 Å². The molecule has 7 nitrogen and oxygen atoms in total. The number of carboxylic acid groups (broad SMARTS) is 1. The maximum atomic E-state index is 12.3. The lowest BCUT2D eigenvalue weighted by Gasteiger charge is -2.19. The minimum atomic E-state index is -1.13. The maximum Gasteiger partial charge on any atom is 0.337 e. The molecule has 0 fully saturated rings. The van der Waals surface area contributed by atoms with Gasteiger partial charge < -0.3 is 25.3 Å². The summed E-state index contributed by atoms with van der Waals surface area (Å²) in [4.78, 5) is 24.3. The van der Waals surface area contributed by atoms with Gasteiger partial charge in [0.2, 0.25) is 0 Å². The molecule has 0 aromatic heterocycles. The van der Waals surface area contributed by atoms with E-state index >= 15 is 0 Å². The molecule has 0 saturated heterocycles. The van der Waals surface area contributed by atoms with Gasteiger partial charge in [0.25, 0.3) is 0 Å². The highest BCUT2D eigenvalue weighted by molar-refractivity contribution is 7.80. The van der Waals surface area contributed by atoms with Crippen molar-refractivity contribution in [2.24, 2.45) is 0 Å². The zero-order chi connectivity index (χ0) is 27.0. The zero-order valence-corrected chi connectivity index (χ0v) is 21.4. The van der Waals surface area contributed by atoms with E-state index in [0.717, 1.165) is 11.1 Å². The number of aryl methyl sites for hydroxylation is 1. The van der Waals surface area contributed by atoms with Gasteiger partial charge in [0.1, 0.15) is 17.1 Å². The number of hydrogen-bond donors (Lipinski definition) is 4. The number of aromatic hydroxyl groups is 1. The van der Waals surface area contributed by atoms with E-state index in [2.05, 4.69) is 10.6 Å². The van der Waals surface area contributed by atoms with Gasteiger partial charge >= 0.3 is 5.97 Å². The molecule has 2 aliphatic rings. The predicted molar refractivity (Wildman–Crippen MR) is 152 cm³/mol. The first kappa shape index (κ1) is 25.0. The fourth-order valence-corrected chi connectivity index (χ4v) is 4.74. The topological polar surface area (TPSA) is 112 Å². The first-order valence-electron chi connectivity index (χ1n) is 11.9. The summed E-state index contributed by atoms with van der Waals surface area (Å²) in [5.74, 6) is -0.783. The lowest BCUT2D eigenvalue weighted by atomic mass is 9.92. The van der Waals surface area contributed by atoms with Gasteiger partial charge in [-0.3, -0.25) is 4.79 Å². The quantitative estimate of drug-likeness (QED) is 0.156. The van der Waals surface area contributed by atoms with Crippen LogP contribution in [0.25, 0.3) is 33.4 Å². The fourth-order valence-electron chi connectivity index (χ4n) is 4.45. The highest BCUT2D eigenvalue weighted by atomic mass is 32.1. The minimum Gasteiger partial charge on any atom is -0.508 e. The van der Waals surface area contributed by atoms with E-state index < -0.39 is 5.97 Å². The van der Waals surface area contributed by atoms with Crippen LogP contribution in [0.1, 0.15) is 34.5 Å². The van der Waals surface area contributed by atoms with Crippen LogP contribution in [0.2, 0.25) is 0 Å². The Balaban J connectivity index is 1.53. The summed E-state index contributed by atoms with van der Waals surface area (Å²) in [6, 6.07) is 22.1. The van der Waals surface area contributed by atoms with Gasteiger partial charge in [0.15, 0.2) is 10.5 Å². The van der Waals surface area contributed by atoms with Crippen LogP contribution >= 0.6 is 12.2 Å². The summed E-state index contributed by atoms with van der Waals surface area (Å²) in [7, 11) is 0. The number of aromatic carboxylic acids is 1. The summed E-state index contributed by atoms with van der Waals surface area (Å²) in [6.45, 7) is 3.99. The van der Waals surface area contributed by atoms with Gasteiger partial charge in [0, 0.05) is 28.6 Å². The Morgan fingerprint density at radius 2 is 1.74 bits per heavy atom. The number of thiocarbonyl (C=S) groups is 1. The molecule has 5 rings (SSSR count). The number of carbonyl (C=O) groups is 1. The molecule has 0 spiro atoms. The van der Waals surface area contributed by atoms with Gasteiger partial charge in [-0.15, -0.1) is 0 Å². The van der Waals surface area contributed by atoms with Crippen molar-refractivity contribution in [3.05, 3.63) is 106 Å². The van der Waals surface area contributed by atoms with Crippen LogP contribution in [-0.2, 0) is 0 Å². The maximum absolute atomic E-state index is 12.3. The van der Waals surface area contributed by atoms with Crippen LogP contribution in [0.15, 0.2) is 88.1 Å². The van der Waals surface area contributed by atoms with Crippen LogP contribution in [0.5, 0.6) is 5.75 Å². The zero-order valence-electron chi connectivity index (χ0n) is 20.6. The Kier molecular flexibility index (Phi) is 6.57. The van der Waals surface area contributed by atoms with Crippen molar-refractivity contribution in [1.82, 2.24) is 5.32 Å². The molecule has 3 aromatic carbocycles. The molecular formula is C30H24N2O5S. The number of phenolic OH excluding ortho intramolecular Hbond substituents is 1. The smallest absolute Gasteiger partial charge is 0.337 e. The van der Waals surface area contributed by atoms with Crippen molar-refractivity contribution in [1.29, 1.82) is 0 Å². The Bertz CT molecular complexity index is 1730. The van der Waals surface area contributed by atoms with Gasteiger partial charge in [-0.1, -0.05) is 35.9 Å². The van der Waals surface area contributed by atoms with Crippen molar-refractivity contribution in [3.8, 4) is 28.2 Å². The molecule has 8 heteroatoms. The van der Waals surface area contributed by atoms with Crippen LogP contribution in [0.3, 0.4) is 0 Å².